The van der Waals surface area contributed by atoms with Crippen molar-refractivity contribution in [2.24, 2.45) is 0 Å². The number of fused-ring (bicyclic) bond motifs is 1. The summed E-state index contributed by atoms with van der Waals surface area (Å²) in [5, 5.41) is 22.3. The molecule has 35 heavy (non-hydrogen) atoms. The van der Waals surface area contributed by atoms with Gasteiger partial charge in [-0.3, -0.25) is 4.79 Å². The highest BCUT2D eigenvalue weighted by atomic mass is 19.1. The molecule has 1 aromatic heterocycles. The number of oxazole rings is 1. The summed E-state index contributed by atoms with van der Waals surface area (Å²) in [6, 6.07) is 7.79. The molecule has 0 unspecified atom stereocenters. The van der Waals surface area contributed by atoms with E-state index in [0.717, 1.165) is 16.7 Å². The fourth-order valence-electron chi connectivity index (χ4n) is 4.18. The number of rotatable bonds is 8. The van der Waals surface area contributed by atoms with E-state index in [4.69, 9.17) is 13.9 Å². The van der Waals surface area contributed by atoms with Crippen LogP contribution in [0.4, 0.5) is 4.39 Å². The van der Waals surface area contributed by atoms with Crippen LogP contribution < -0.4 is 20.3 Å². The quantitative estimate of drug-likeness (QED) is 0.427. The fraction of sp³-hybridized carbons (Fsp3) is 0.200. The maximum atomic E-state index is 14.2. The van der Waals surface area contributed by atoms with Gasteiger partial charge in [-0.15, -0.1) is 0 Å². The van der Waals surface area contributed by atoms with Crippen molar-refractivity contribution in [3.8, 4) is 11.5 Å². The molecule has 0 radical (unpaired) electrons. The Hall–Kier alpha value is -3.89. The number of aromatic nitrogens is 1. The van der Waals surface area contributed by atoms with Gasteiger partial charge in [-0.2, -0.15) is 0 Å². The summed E-state index contributed by atoms with van der Waals surface area (Å²) in [4.78, 5) is 16.7. The number of hydrogen-bond acceptors (Lipinski definition) is 7. The van der Waals surface area contributed by atoms with Gasteiger partial charge in [0.05, 0.1) is 38.3 Å². The number of methoxy groups -OCH3 is 2. The topological polar surface area (TPSA) is 114 Å². The second-order valence-electron chi connectivity index (χ2n) is 8.00. The molecule has 0 saturated heterocycles. The summed E-state index contributed by atoms with van der Waals surface area (Å²) in [5.74, 6) is -0.137. The van der Waals surface area contributed by atoms with E-state index in [1.165, 1.54) is 39.0 Å². The van der Waals surface area contributed by atoms with Gasteiger partial charge in [0, 0.05) is 0 Å². The van der Waals surface area contributed by atoms with Gasteiger partial charge in [-0.1, -0.05) is 6.07 Å². The largest absolute Gasteiger partial charge is 0.497 e. The Morgan fingerprint density at radius 2 is 1.89 bits per heavy atom. The van der Waals surface area contributed by atoms with Crippen molar-refractivity contribution in [2.75, 3.05) is 14.2 Å². The first-order chi connectivity index (χ1) is 16.8. The highest BCUT2D eigenvalue weighted by Gasteiger charge is 2.27. The van der Waals surface area contributed by atoms with Crippen LogP contribution in [-0.4, -0.2) is 42.3 Å². The molecule has 0 spiro atoms. The van der Waals surface area contributed by atoms with E-state index in [0.29, 0.717) is 22.4 Å². The number of ether oxygens (including phenoxy) is 2. The summed E-state index contributed by atoms with van der Waals surface area (Å²) >= 11 is 0. The van der Waals surface area contributed by atoms with Crippen LogP contribution in [0.5, 0.6) is 11.5 Å². The monoisotopic (exact) mass is 478 g/mol. The number of hydrogen-bond donors (Lipinski definition) is 3. The molecule has 1 heterocycles. The third-order valence-electron chi connectivity index (χ3n) is 5.88. The van der Waals surface area contributed by atoms with Crippen LogP contribution in [0.1, 0.15) is 35.7 Å². The average molecular weight is 478 g/mol. The highest BCUT2D eigenvalue weighted by molar-refractivity contribution is 6.61. The maximum absolute atomic E-state index is 14.2. The summed E-state index contributed by atoms with van der Waals surface area (Å²) in [7, 11) is 1.07. The number of halogens is 1. The predicted molar refractivity (Wildman–Crippen MR) is 129 cm³/mol. The number of amides is 1. The Balaban J connectivity index is 1.72. The smallest absolute Gasteiger partial charge is 0.496 e. The van der Waals surface area contributed by atoms with Gasteiger partial charge in [-0.05, 0) is 70.7 Å². The second kappa shape index (κ2) is 10.2. The van der Waals surface area contributed by atoms with Gasteiger partial charge >= 0.3 is 7.12 Å². The molecule has 4 rings (SSSR count). The van der Waals surface area contributed by atoms with Gasteiger partial charge in [0.1, 0.15) is 23.6 Å². The van der Waals surface area contributed by atoms with Gasteiger partial charge in [0.25, 0.3) is 0 Å². The molecule has 2 aromatic carbocycles. The zero-order valence-corrected chi connectivity index (χ0v) is 19.5. The molecule has 1 aliphatic rings. The van der Waals surface area contributed by atoms with E-state index >= 15 is 0 Å². The Morgan fingerprint density at radius 1 is 1.17 bits per heavy atom. The molecule has 3 aromatic rings. The van der Waals surface area contributed by atoms with Crippen molar-refractivity contribution < 1.29 is 33.1 Å². The minimum absolute atomic E-state index is 0.0553. The van der Waals surface area contributed by atoms with Crippen LogP contribution in [0.3, 0.4) is 0 Å². The Kier molecular flexibility index (Phi) is 7.04. The molecule has 0 bridgehead atoms. The highest BCUT2D eigenvalue weighted by Crippen LogP contribution is 2.44. The van der Waals surface area contributed by atoms with Gasteiger partial charge in [-0.25, -0.2) is 9.37 Å². The SMILES string of the molecule is COc1cc(/C=C2/C(C)=C(CC(=O)NCc3cocn3)c3cc(F)ccc32)cc(OC)c1B(O)O. The fourth-order valence-corrected chi connectivity index (χ4v) is 4.18. The van der Waals surface area contributed by atoms with Crippen molar-refractivity contribution in [3.05, 3.63) is 76.8 Å². The van der Waals surface area contributed by atoms with Gasteiger partial charge < -0.3 is 29.3 Å². The Morgan fingerprint density at radius 3 is 2.49 bits per heavy atom. The average Bonchev–Trinajstić information content (AvgIpc) is 3.44. The molecule has 1 amide bonds. The number of nitrogens with one attached hydrogen (secondary N) is 1. The molecule has 180 valence electrons. The molecule has 8 nitrogen and oxygen atoms in total. The lowest BCUT2D eigenvalue weighted by molar-refractivity contribution is -0.120. The number of nitrogens with zero attached hydrogens (tertiary/aromatic N) is 1. The molecule has 3 N–H and O–H groups in total. The third-order valence-corrected chi connectivity index (χ3v) is 5.88. The van der Waals surface area contributed by atoms with Crippen molar-refractivity contribution >= 4 is 35.7 Å². The number of allylic oxidation sites excluding steroid dienone is 2. The van der Waals surface area contributed by atoms with Crippen LogP contribution in [-0.2, 0) is 11.3 Å². The van der Waals surface area contributed by atoms with E-state index in [9.17, 15) is 19.2 Å². The minimum Gasteiger partial charge on any atom is -0.497 e. The summed E-state index contributed by atoms with van der Waals surface area (Å²) in [5.41, 5.74) is 5.16. The van der Waals surface area contributed by atoms with E-state index in [-0.39, 0.29) is 35.8 Å². The van der Waals surface area contributed by atoms with E-state index in [1.54, 1.807) is 18.2 Å². The lowest BCUT2D eigenvalue weighted by atomic mass is 9.78. The molecule has 0 saturated carbocycles. The first-order valence-electron chi connectivity index (χ1n) is 10.8. The lowest BCUT2D eigenvalue weighted by Gasteiger charge is -2.14. The Labute approximate surface area is 201 Å². The van der Waals surface area contributed by atoms with Gasteiger partial charge in [0.15, 0.2) is 6.39 Å². The Bertz CT molecular complexity index is 1290. The molecule has 0 atom stereocenters. The van der Waals surface area contributed by atoms with Crippen molar-refractivity contribution in [1.82, 2.24) is 10.3 Å². The molecule has 10 heteroatoms. The van der Waals surface area contributed by atoms with Crippen molar-refractivity contribution in [1.29, 1.82) is 0 Å². The summed E-state index contributed by atoms with van der Waals surface area (Å²) in [6.07, 6.45) is 4.67. The van der Waals surface area contributed by atoms with E-state index < -0.39 is 12.9 Å². The molecule has 0 aliphatic heterocycles. The number of benzene rings is 2. The molecular formula is C25H24BFN2O6. The van der Waals surface area contributed by atoms with Crippen molar-refractivity contribution in [2.45, 2.75) is 19.9 Å². The summed E-state index contributed by atoms with van der Waals surface area (Å²) in [6.45, 7) is 2.10. The van der Waals surface area contributed by atoms with E-state index in [1.807, 2.05) is 13.0 Å². The first-order valence-corrected chi connectivity index (χ1v) is 10.8. The minimum atomic E-state index is -1.78. The molecule has 1 aliphatic carbocycles. The van der Waals surface area contributed by atoms with Crippen LogP contribution in [0, 0.1) is 5.82 Å². The molecule has 0 fully saturated rings. The maximum Gasteiger partial charge on any atom is 0.496 e. The number of carbonyl (C=O) groups excluding carboxylic acids is 1. The first kappa shape index (κ1) is 24.2. The standard InChI is InChI=1S/C25H24BFN2O6/c1-14-19(6-15-7-22(33-2)25(26(31)32)23(8-15)34-3)18-5-4-16(27)9-21(18)20(14)10-24(30)28-11-17-12-35-13-29-17/h4-9,12-13,31-32H,10-11H2,1-3H3,(H,28,30)/b19-6-. The van der Waals surface area contributed by atoms with Crippen LogP contribution in [0.25, 0.3) is 17.2 Å². The van der Waals surface area contributed by atoms with Crippen LogP contribution in [0.15, 0.2) is 53.0 Å². The van der Waals surface area contributed by atoms with Crippen LogP contribution in [0.2, 0.25) is 0 Å². The van der Waals surface area contributed by atoms with Crippen LogP contribution >= 0.6 is 0 Å². The zero-order chi connectivity index (χ0) is 25.1. The van der Waals surface area contributed by atoms with E-state index in [2.05, 4.69) is 10.3 Å². The predicted octanol–water partition coefficient (Wildman–Crippen LogP) is 2.54. The second-order valence-corrected chi connectivity index (χ2v) is 8.00. The zero-order valence-electron chi connectivity index (χ0n) is 19.5. The van der Waals surface area contributed by atoms with Crippen molar-refractivity contribution in [3.63, 3.8) is 0 Å². The lowest BCUT2D eigenvalue weighted by Crippen LogP contribution is -2.32. The normalized spacial score (nSPS) is 13.7. The molecular weight excluding hydrogens is 454 g/mol. The number of carbonyl (C=O) groups is 1. The summed E-state index contributed by atoms with van der Waals surface area (Å²) < 4.78 is 29.8. The third kappa shape index (κ3) is 4.98. The van der Waals surface area contributed by atoms with Gasteiger partial charge in [0.2, 0.25) is 5.91 Å².